The minimum absolute atomic E-state index is 0.0485. The predicted molar refractivity (Wildman–Crippen MR) is 77.5 cm³/mol. The van der Waals surface area contributed by atoms with Crippen molar-refractivity contribution in [2.24, 2.45) is 7.05 Å². The average Bonchev–Trinajstić information content (AvgIpc) is 3.09. The largest absolute Gasteiger partial charge is 0.352 e. The normalized spacial score (nSPS) is 10.8. The minimum Gasteiger partial charge on any atom is -0.352 e. The Hall–Kier alpha value is -2.56. The standard InChI is InChI=1S/C15H16N4O/c1-19-7-5-11-2-3-12(8-14(11)19)15(20)17-6-4-13-9-16-10-18-13/h2-3,5,7-10H,4,6H2,1H3,(H,16,18)(H,17,20). The lowest BCUT2D eigenvalue weighted by atomic mass is 10.1. The molecule has 0 aliphatic carbocycles. The molecule has 1 amide bonds. The molecule has 3 rings (SSSR count). The van der Waals surface area contributed by atoms with E-state index in [9.17, 15) is 4.79 Å². The zero-order valence-electron chi connectivity index (χ0n) is 11.3. The van der Waals surface area contributed by atoms with Crippen LogP contribution in [-0.2, 0) is 13.5 Å². The number of aromatic nitrogens is 3. The number of amides is 1. The molecule has 0 aliphatic heterocycles. The lowest BCUT2D eigenvalue weighted by Gasteiger charge is -2.05. The number of fused-ring (bicyclic) bond motifs is 1. The molecule has 2 N–H and O–H groups in total. The molecule has 0 unspecified atom stereocenters. The van der Waals surface area contributed by atoms with Gasteiger partial charge in [-0.25, -0.2) is 4.98 Å². The van der Waals surface area contributed by atoms with Gasteiger partial charge in [-0.05, 0) is 23.6 Å². The number of benzene rings is 1. The summed E-state index contributed by atoms with van der Waals surface area (Å²) < 4.78 is 2.01. The molecule has 2 aromatic heterocycles. The number of carbonyl (C=O) groups excluding carboxylic acids is 1. The van der Waals surface area contributed by atoms with Crippen LogP contribution in [0.25, 0.3) is 10.9 Å². The molecule has 5 nitrogen and oxygen atoms in total. The second-order valence-electron chi connectivity index (χ2n) is 4.78. The molecule has 5 heteroatoms. The van der Waals surface area contributed by atoms with E-state index >= 15 is 0 Å². The van der Waals surface area contributed by atoms with E-state index in [2.05, 4.69) is 15.3 Å². The molecular weight excluding hydrogens is 252 g/mol. The third-order valence-electron chi connectivity index (χ3n) is 3.39. The van der Waals surface area contributed by atoms with Crippen LogP contribution in [0, 0.1) is 0 Å². The number of aromatic amines is 1. The second kappa shape index (κ2) is 5.21. The SMILES string of the molecule is Cn1ccc2ccc(C(=O)NCCc3cnc[nH]3)cc21. The first kappa shape index (κ1) is 12.5. The summed E-state index contributed by atoms with van der Waals surface area (Å²) in [5.74, 6) is -0.0485. The summed E-state index contributed by atoms with van der Waals surface area (Å²) in [6.07, 6.45) is 6.14. The fourth-order valence-corrected chi connectivity index (χ4v) is 2.24. The van der Waals surface area contributed by atoms with Crippen molar-refractivity contribution in [3.05, 3.63) is 54.2 Å². The number of rotatable bonds is 4. The molecule has 0 atom stereocenters. The zero-order valence-corrected chi connectivity index (χ0v) is 11.3. The fourth-order valence-electron chi connectivity index (χ4n) is 2.24. The number of hydrogen-bond donors (Lipinski definition) is 2. The van der Waals surface area contributed by atoms with Gasteiger partial charge in [-0.2, -0.15) is 0 Å². The molecule has 2 heterocycles. The number of imidazole rings is 1. The van der Waals surface area contributed by atoms with Gasteiger partial charge < -0.3 is 14.9 Å². The van der Waals surface area contributed by atoms with Crippen molar-refractivity contribution in [3.8, 4) is 0 Å². The first-order valence-corrected chi connectivity index (χ1v) is 6.54. The van der Waals surface area contributed by atoms with E-state index in [1.54, 1.807) is 12.5 Å². The van der Waals surface area contributed by atoms with Gasteiger partial charge in [0, 0.05) is 49.2 Å². The number of nitrogens with zero attached hydrogens (tertiary/aromatic N) is 2. The average molecular weight is 268 g/mol. The lowest BCUT2D eigenvalue weighted by Crippen LogP contribution is -2.25. The molecule has 0 aliphatic rings. The van der Waals surface area contributed by atoms with Crippen LogP contribution in [0.3, 0.4) is 0 Å². The fraction of sp³-hybridized carbons (Fsp3) is 0.200. The Labute approximate surface area is 116 Å². The van der Waals surface area contributed by atoms with Gasteiger partial charge in [0.15, 0.2) is 0 Å². The summed E-state index contributed by atoms with van der Waals surface area (Å²) in [6, 6.07) is 7.78. The number of hydrogen-bond acceptors (Lipinski definition) is 2. The third kappa shape index (κ3) is 2.42. The molecule has 0 saturated carbocycles. The van der Waals surface area contributed by atoms with Gasteiger partial charge >= 0.3 is 0 Å². The van der Waals surface area contributed by atoms with Gasteiger partial charge in [0.25, 0.3) is 5.91 Å². The summed E-state index contributed by atoms with van der Waals surface area (Å²) in [5, 5.41) is 4.06. The maximum absolute atomic E-state index is 12.1. The van der Waals surface area contributed by atoms with E-state index in [0.29, 0.717) is 12.1 Å². The lowest BCUT2D eigenvalue weighted by molar-refractivity contribution is 0.0954. The van der Waals surface area contributed by atoms with Crippen LogP contribution in [0.1, 0.15) is 16.1 Å². The predicted octanol–water partition coefficient (Wildman–Crippen LogP) is 1.87. The van der Waals surface area contributed by atoms with Crippen LogP contribution >= 0.6 is 0 Å². The van der Waals surface area contributed by atoms with Gasteiger partial charge in [-0.3, -0.25) is 4.79 Å². The Bertz CT molecular complexity index is 728. The Morgan fingerprint density at radius 2 is 2.30 bits per heavy atom. The van der Waals surface area contributed by atoms with Crippen molar-refractivity contribution < 1.29 is 4.79 Å². The molecule has 1 aromatic carbocycles. The Kier molecular flexibility index (Phi) is 3.25. The monoisotopic (exact) mass is 268 g/mol. The molecule has 102 valence electrons. The van der Waals surface area contributed by atoms with Crippen LogP contribution in [0.5, 0.6) is 0 Å². The Morgan fingerprint density at radius 1 is 1.40 bits per heavy atom. The molecular formula is C15H16N4O. The Morgan fingerprint density at radius 3 is 3.10 bits per heavy atom. The molecule has 0 bridgehead atoms. The summed E-state index contributed by atoms with van der Waals surface area (Å²) in [7, 11) is 1.97. The van der Waals surface area contributed by atoms with Gasteiger partial charge in [0.2, 0.25) is 0 Å². The van der Waals surface area contributed by atoms with Gasteiger partial charge in [-0.1, -0.05) is 6.07 Å². The molecule has 0 saturated heterocycles. The van der Waals surface area contributed by atoms with Crippen LogP contribution in [-0.4, -0.2) is 27.0 Å². The van der Waals surface area contributed by atoms with Crippen LogP contribution < -0.4 is 5.32 Å². The number of nitrogens with one attached hydrogen (secondary N) is 2. The smallest absolute Gasteiger partial charge is 0.251 e. The highest BCUT2D eigenvalue weighted by molar-refractivity contribution is 5.98. The highest BCUT2D eigenvalue weighted by Crippen LogP contribution is 2.16. The van der Waals surface area contributed by atoms with Crippen molar-refractivity contribution in [1.29, 1.82) is 0 Å². The van der Waals surface area contributed by atoms with Gasteiger partial charge in [0.1, 0.15) is 0 Å². The highest BCUT2D eigenvalue weighted by Gasteiger charge is 2.07. The first-order valence-electron chi connectivity index (χ1n) is 6.54. The van der Waals surface area contributed by atoms with E-state index in [4.69, 9.17) is 0 Å². The minimum atomic E-state index is -0.0485. The van der Waals surface area contributed by atoms with Crippen molar-refractivity contribution in [2.75, 3.05) is 6.54 Å². The topological polar surface area (TPSA) is 62.7 Å². The summed E-state index contributed by atoms with van der Waals surface area (Å²) in [5.41, 5.74) is 2.76. The molecule has 0 spiro atoms. The van der Waals surface area contributed by atoms with E-state index in [-0.39, 0.29) is 5.91 Å². The van der Waals surface area contributed by atoms with E-state index in [1.807, 2.05) is 42.1 Å². The van der Waals surface area contributed by atoms with E-state index < -0.39 is 0 Å². The van der Waals surface area contributed by atoms with Crippen molar-refractivity contribution in [2.45, 2.75) is 6.42 Å². The third-order valence-corrected chi connectivity index (χ3v) is 3.39. The maximum atomic E-state index is 12.1. The molecule has 0 fully saturated rings. The van der Waals surface area contributed by atoms with Crippen LogP contribution in [0.4, 0.5) is 0 Å². The van der Waals surface area contributed by atoms with E-state index in [1.165, 1.54) is 0 Å². The van der Waals surface area contributed by atoms with Gasteiger partial charge in [0.05, 0.1) is 6.33 Å². The second-order valence-corrected chi connectivity index (χ2v) is 4.78. The van der Waals surface area contributed by atoms with Crippen molar-refractivity contribution in [3.63, 3.8) is 0 Å². The number of H-pyrrole nitrogens is 1. The highest BCUT2D eigenvalue weighted by atomic mass is 16.1. The Balaban J connectivity index is 1.67. The summed E-state index contributed by atoms with van der Waals surface area (Å²) in [6.45, 7) is 0.589. The maximum Gasteiger partial charge on any atom is 0.251 e. The van der Waals surface area contributed by atoms with Crippen molar-refractivity contribution in [1.82, 2.24) is 19.9 Å². The number of carbonyl (C=O) groups is 1. The first-order chi connectivity index (χ1) is 9.74. The van der Waals surface area contributed by atoms with Crippen LogP contribution in [0.15, 0.2) is 43.0 Å². The number of aryl methyl sites for hydroxylation is 1. The van der Waals surface area contributed by atoms with Crippen LogP contribution in [0.2, 0.25) is 0 Å². The summed E-state index contributed by atoms with van der Waals surface area (Å²) >= 11 is 0. The summed E-state index contributed by atoms with van der Waals surface area (Å²) in [4.78, 5) is 19.1. The molecule has 0 radical (unpaired) electrons. The quantitative estimate of drug-likeness (QED) is 0.759. The molecule has 20 heavy (non-hydrogen) atoms. The zero-order chi connectivity index (χ0) is 13.9. The van der Waals surface area contributed by atoms with Crippen molar-refractivity contribution >= 4 is 16.8 Å². The molecule has 3 aromatic rings. The van der Waals surface area contributed by atoms with E-state index in [0.717, 1.165) is 23.0 Å². The van der Waals surface area contributed by atoms with Gasteiger partial charge in [-0.15, -0.1) is 0 Å².